The Morgan fingerprint density at radius 1 is 1.10 bits per heavy atom. The Morgan fingerprint density at radius 3 is 2.65 bits per heavy atom. The summed E-state index contributed by atoms with van der Waals surface area (Å²) < 4.78 is 0. The zero-order chi connectivity index (χ0) is 13.8. The molecule has 1 unspecified atom stereocenters. The molecule has 1 aliphatic rings. The van der Waals surface area contributed by atoms with Crippen LogP contribution in [-0.4, -0.2) is 12.6 Å². The van der Waals surface area contributed by atoms with Crippen molar-refractivity contribution < 1.29 is 0 Å². The van der Waals surface area contributed by atoms with Crippen molar-refractivity contribution >= 4 is 10.8 Å². The van der Waals surface area contributed by atoms with E-state index in [9.17, 15) is 0 Å². The lowest BCUT2D eigenvalue weighted by molar-refractivity contribution is 0.260. The predicted molar refractivity (Wildman–Crippen MR) is 87.1 cm³/mol. The molecule has 1 N–H and O–H groups in total. The molecule has 2 aromatic carbocycles. The summed E-state index contributed by atoms with van der Waals surface area (Å²) in [6, 6.07) is 16.1. The standard InChI is InChI=1S/C19H25N/c1-2-20-18(13-15-7-5-8-15)14-17-11-6-10-16-9-3-4-12-19(16)17/h3-4,6,9-12,15,18,20H,2,5,7-8,13-14H2,1H3. The molecule has 1 aliphatic carbocycles. The highest BCUT2D eigenvalue weighted by atomic mass is 14.9. The molecule has 3 rings (SSSR count). The topological polar surface area (TPSA) is 12.0 Å². The fourth-order valence-corrected chi connectivity index (χ4v) is 3.39. The number of hydrogen-bond donors (Lipinski definition) is 1. The molecule has 2 aromatic rings. The zero-order valence-electron chi connectivity index (χ0n) is 12.4. The van der Waals surface area contributed by atoms with Crippen LogP contribution in [0, 0.1) is 5.92 Å². The molecule has 0 spiro atoms. The van der Waals surface area contributed by atoms with Crippen LogP contribution in [0.25, 0.3) is 10.8 Å². The SMILES string of the molecule is CCNC(Cc1cccc2ccccc12)CC1CCC1. The van der Waals surface area contributed by atoms with Gasteiger partial charge in [0.05, 0.1) is 0 Å². The highest BCUT2D eigenvalue weighted by molar-refractivity contribution is 5.85. The van der Waals surface area contributed by atoms with Crippen molar-refractivity contribution in [2.75, 3.05) is 6.54 Å². The van der Waals surface area contributed by atoms with Crippen molar-refractivity contribution in [3.63, 3.8) is 0 Å². The number of nitrogens with one attached hydrogen (secondary N) is 1. The van der Waals surface area contributed by atoms with Crippen LogP contribution in [0.1, 0.15) is 38.2 Å². The maximum absolute atomic E-state index is 3.69. The molecule has 0 saturated heterocycles. The molecule has 0 heterocycles. The average Bonchev–Trinajstić information content (AvgIpc) is 2.43. The van der Waals surface area contributed by atoms with Crippen LogP contribution in [-0.2, 0) is 6.42 Å². The molecule has 1 fully saturated rings. The van der Waals surface area contributed by atoms with Gasteiger partial charge >= 0.3 is 0 Å². The summed E-state index contributed by atoms with van der Waals surface area (Å²) in [6.07, 6.45) is 6.83. The first kappa shape index (κ1) is 13.6. The molecule has 1 heteroatoms. The second kappa shape index (κ2) is 6.41. The summed E-state index contributed by atoms with van der Waals surface area (Å²) in [7, 11) is 0. The van der Waals surface area contributed by atoms with Crippen LogP contribution >= 0.6 is 0 Å². The minimum absolute atomic E-state index is 0.635. The molecule has 0 radical (unpaired) electrons. The smallest absolute Gasteiger partial charge is 0.0110 e. The van der Waals surface area contributed by atoms with E-state index >= 15 is 0 Å². The maximum Gasteiger partial charge on any atom is 0.0110 e. The van der Waals surface area contributed by atoms with Crippen LogP contribution in [0.3, 0.4) is 0 Å². The first-order valence-corrected chi connectivity index (χ1v) is 8.07. The predicted octanol–water partition coefficient (Wildman–Crippen LogP) is 4.55. The molecule has 20 heavy (non-hydrogen) atoms. The highest BCUT2D eigenvalue weighted by Gasteiger charge is 2.22. The number of fused-ring (bicyclic) bond motifs is 1. The highest BCUT2D eigenvalue weighted by Crippen LogP contribution is 2.31. The molecule has 0 aromatic heterocycles. The number of benzene rings is 2. The minimum atomic E-state index is 0.635. The van der Waals surface area contributed by atoms with Crippen molar-refractivity contribution in [3.05, 3.63) is 48.0 Å². The van der Waals surface area contributed by atoms with Gasteiger partial charge in [-0.1, -0.05) is 68.7 Å². The van der Waals surface area contributed by atoms with Gasteiger partial charge in [0.15, 0.2) is 0 Å². The van der Waals surface area contributed by atoms with Crippen molar-refractivity contribution in [1.82, 2.24) is 5.32 Å². The average molecular weight is 267 g/mol. The van der Waals surface area contributed by atoms with E-state index in [-0.39, 0.29) is 0 Å². The molecular weight excluding hydrogens is 242 g/mol. The fourth-order valence-electron chi connectivity index (χ4n) is 3.39. The maximum atomic E-state index is 3.69. The normalized spacial score (nSPS) is 17.1. The molecule has 0 amide bonds. The lowest BCUT2D eigenvalue weighted by Crippen LogP contribution is -2.34. The van der Waals surface area contributed by atoms with E-state index in [2.05, 4.69) is 54.7 Å². The zero-order valence-corrected chi connectivity index (χ0v) is 12.4. The first-order valence-electron chi connectivity index (χ1n) is 8.07. The van der Waals surface area contributed by atoms with Gasteiger partial charge in [0.1, 0.15) is 0 Å². The molecule has 0 aliphatic heterocycles. The Bertz CT molecular complexity index is 551. The van der Waals surface area contributed by atoms with E-state index in [1.54, 1.807) is 0 Å². The summed E-state index contributed by atoms with van der Waals surface area (Å²) >= 11 is 0. The van der Waals surface area contributed by atoms with Crippen LogP contribution in [0.5, 0.6) is 0 Å². The first-order chi connectivity index (χ1) is 9.86. The molecule has 106 valence electrons. The van der Waals surface area contributed by atoms with Gasteiger partial charge in [0.25, 0.3) is 0 Å². The van der Waals surface area contributed by atoms with Crippen LogP contribution in [0.2, 0.25) is 0 Å². The summed E-state index contributed by atoms with van der Waals surface area (Å²) in [5.74, 6) is 0.967. The van der Waals surface area contributed by atoms with E-state index in [0.717, 1.165) is 18.9 Å². The summed E-state index contributed by atoms with van der Waals surface area (Å²) in [5.41, 5.74) is 1.49. The lowest BCUT2D eigenvalue weighted by Gasteiger charge is -2.30. The van der Waals surface area contributed by atoms with Gasteiger partial charge in [0, 0.05) is 6.04 Å². The Hall–Kier alpha value is -1.34. The van der Waals surface area contributed by atoms with Gasteiger partial charge in [-0.2, -0.15) is 0 Å². The molecule has 0 bridgehead atoms. The third-order valence-corrected chi connectivity index (χ3v) is 4.68. The van der Waals surface area contributed by atoms with Crippen LogP contribution < -0.4 is 5.32 Å². The molecule has 1 nitrogen and oxygen atoms in total. The third kappa shape index (κ3) is 3.04. The third-order valence-electron chi connectivity index (χ3n) is 4.68. The lowest BCUT2D eigenvalue weighted by atomic mass is 9.79. The number of likely N-dealkylation sites (N-methyl/N-ethyl adjacent to an activating group) is 1. The van der Waals surface area contributed by atoms with E-state index in [4.69, 9.17) is 0 Å². The van der Waals surface area contributed by atoms with Gasteiger partial charge in [-0.3, -0.25) is 0 Å². The Morgan fingerprint density at radius 2 is 1.90 bits per heavy atom. The second-order valence-corrected chi connectivity index (χ2v) is 6.13. The van der Waals surface area contributed by atoms with Gasteiger partial charge in [-0.15, -0.1) is 0 Å². The monoisotopic (exact) mass is 267 g/mol. The van der Waals surface area contributed by atoms with Gasteiger partial charge in [-0.25, -0.2) is 0 Å². The Balaban J connectivity index is 1.78. The van der Waals surface area contributed by atoms with E-state index < -0.39 is 0 Å². The van der Waals surface area contributed by atoms with Gasteiger partial charge in [0.2, 0.25) is 0 Å². The second-order valence-electron chi connectivity index (χ2n) is 6.13. The number of rotatable bonds is 6. The largest absolute Gasteiger partial charge is 0.314 e. The van der Waals surface area contributed by atoms with Crippen molar-refractivity contribution in [2.45, 2.75) is 45.1 Å². The minimum Gasteiger partial charge on any atom is -0.314 e. The van der Waals surface area contributed by atoms with Crippen LogP contribution in [0.15, 0.2) is 42.5 Å². The Kier molecular flexibility index (Phi) is 4.37. The van der Waals surface area contributed by atoms with Crippen LogP contribution in [0.4, 0.5) is 0 Å². The summed E-state index contributed by atoms with van der Waals surface area (Å²) in [6.45, 7) is 3.29. The summed E-state index contributed by atoms with van der Waals surface area (Å²) in [4.78, 5) is 0. The van der Waals surface area contributed by atoms with E-state index in [1.165, 1.54) is 42.0 Å². The Labute approximate surface area is 122 Å². The number of hydrogen-bond acceptors (Lipinski definition) is 1. The van der Waals surface area contributed by atoms with Gasteiger partial charge in [-0.05, 0) is 41.6 Å². The van der Waals surface area contributed by atoms with E-state index in [0.29, 0.717) is 6.04 Å². The fraction of sp³-hybridized carbons (Fsp3) is 0.474. The van der Waals surface area contributed by atoms with Crippen molar-refractivity contribution in [1.29, 1.82) is 0 Å². The van der Waals surface area contributed by atoms with Gasteiger partial charge < -0.3 is 5.32 Å². The molecule has 1 saturated carbocycles. The quantitative estimate of drug-likeness (QED) is 0.809. The summed E-state index contributed by atoms with van der Waals surface area (Å²) in [5, 5.41) is 6.48. The van der Waals surface area contributed by atoms with Crippen molar-refractivity contribution in [2.24, 2.45) is 5.92 Å². The van der Waals surface area contributed by atoms with Crippen molar-refractivity contribution in [3.8, 4) is 0 Å². The van der Waals surface area contributed by atoms with E-state index in [1.807, 2.05) is 0 Å². The molecular formula is C19H25N. The molecule has 1 atom stereocenters.